The summed E-state index contributed by atoms with van der Waals surface area (Å²) >= 11 is 7.33. The van der Waals surface area contributed by atoms with Gasteiger partial charge in [0.1, 0.15) is 11.4 Å². The number of carbonyl (C=O) groups excluding carboxylic acids is 3. The van der Waals surface area contributed by atoms with Crippen molar-refractivity contribution in [3.8, 4) is 0 Å². The van der Waals surface area contributed by atoms with E-state index in [1.807, 2.05) is 5.32 Å². The number of thiophene rings is 1. The minimum Gasteiger partial charge on any atom is -0.454 e. The van der Waals surface area contributed by atoms with Crippen LogP contribution in [0, 0.1) is 17.5 Å². The summed E-state index contributed by atoms with van der Waals surface area (Å²) < 4.78 is 45.0. The molecule has 0 saturated carbocycles. The fraction of sp³-hybridized carbons (Fsp3) is 0.105. The van der Waals surface area contributed by atoms with Crippen LogP contribution in [0.2, 0.25) is 5.02 Å². The van der Waals surface area contributed by atoms with Gasteiger partial charge in [-0.15, -0.1) is 11.3 Å². The summed E-state index contributed by atoms with van der Waals surface area (Å²) in [4.78, 5) is 35.9. The molecule has 0 aliphatic rings. The van der Waals surface area contributed by atoms with Crippen LogP contribution in [0.4, 0.5) is 18.9 Å². The average Bonchev–Trinajstić information content (AvgIpc) is 3.08. The van der Waals surface area contributed by atoms with Crippen LogP contribution in [-0.4, -0.2) is 30.9 Å². The first kappa shape index (κ1) is 21.6. The molecule has 1 heterocycles. The second-order valence-corrected chi connectivity index (χ2v) is 7.29. The van der Waals surface area contributed by atoms with Crippen LogP contribution in [0.5, 0.6) is 0 Å². The molecule has 6 nitrogen and oxygen atoms in total. The lowest BCUT2D eigenvalue weighted by molar-refractivity contribution is -0.146. The van der Waals surface area contributed by atoms with Crippen molar-refractivity contribution in [1.29, 1.82) is 0 Å². The number of hydrogen-bond acceptors (Lipinski definition) is 5. The maximum atomic E-state index is 13.5. The summed E-state index contributed by atoms with van der Waals surface area (Å²) in [6, 6.07) is 8.58. The Kier molecular flexibility index (Phi) is 6.58. The zero-order valence-corrected chi connectivity index (χ0v) is 16.5. The summed E-state index contributed by atoms with van der Waals surface area (Å²) in [5.41, 5.74) is -0.609. The third-order valence-corrected chi connectivity index (χ3v) is 5.48. The van der Waals surface area contributed by atoms with E-state index in [0.29, 0.717) is 11.5 Å². The lowest BCUT2D eigenvalue weighted by Gasteiger charge is -2.08. The van der Waals surface area contributed by atoms with Crippen molar-refractivity contribution in [1.82, 2.24) is 5.32 Å². The van der Waals surface area contributed by atoms with Gasteiger partial charge in [-0.2, -0.15) is 0 Å². The molecule has 1 aromatic heterocycles. The molecule has 2 amide bonds. The number of carbonyl (C=O) groups is 3. The van der Waals surface area contributed by atoms with Crippen molar-refractivity contribution in [3.05, 3.63) is 63.7 Å². The van der Waals surface area contributed by atoms with E-state index in [9.17, 15) is 27.6 Å². The first-order valence-electron chi connectivity index (χ1n) is 8.32. The molecule has 30 heavy (non-hydrogen) atoms. The quantitative estimate of drug-likeness (QED) is 0.435. The molecule has 0 fully saturated rings. The minimum atomic E-state index is -1.74. The molecule has 2 N–H and O–H groups in total. The molecule has 11 heteroatoms. The topological polar surface area (TPSA) is 84.5 Å². The molecule has 0 aliphatic heterocycles. The molecule has 0 spiro atoms. The second-order valence-electron chi connectivity index (χ2n) is 5.86. The van der Waals surface area contributed by atoms with Crippen LogP contribution in [0.1, 0.15) is 9.67 Å². The molecular formula is C19H12ClF3N2O4S. The van der Waals surface area contributed by atoms with E-state index in [1.54, 1.807) is 24.3 Å². The Hall–Kier alpha value is -3.11. The van der Waals surface area contributed by atoms with Crippen molar-refractivity contribution in [2.24, 2.45) is 0 Å². The molecule has 0 radical (unpaired) electrons. The van der Waals surface area contributed by atoms with Gasteiger partial charge in [-0.1, -0.05) is 29.8 Å². The molecule has 0 atom stereocenters. The number of benzene rings is 2. The number of halogens is 4. The minimum absolute atomic E-state index is 0.220. The summed E-state index contributed by atoms with van der Waals surface area (Å²) in [6.07, 6.45) is 0. The zero-order chi connectivity index (χ0) is 21.8. The van der Waals surface area contributed by atoms with Crippen LogP contribution >= 0.6 is 22.9 Å². The fourth-order valence-electron chi connectivity index (χ4n) is 2.40. The monoisotopic (exact) mass is 456 g/mol. The van der Waals surface area contributed by atoms with Crippen molar-refractivity contribution in [2.45, 2.75) is 0 Å². The number of ether oxygens (including phenoxy) is 1. The highest BCUT2D eigenvalue weighted by Crippen LogP contribution is 2.34. The van der Waals surface area contributed by atoms with Crippen LogP contribution < -0.4 is 10.6 Å². The van der Waals surface area contributed by atoms with Gasteiger partial charge in [-0.3, -0.25) is 14.4 Å². The van der Waals surface area contributed by atoms with Crippen molar-refractivity contribution in [2.75, 3.05) is 18.5 Å². The predicted octanol–water partition coefficient (Wildman–Crippen LogP) is 3.88. The molecule has 0 aliphatic carbocycles. The van der Waals surface area contributed by atoms with E-state index in [4.69, 9.17) is 11.6 Å². The zero-order valence-electron chi connectivity index (χ0n) is 14.9. The number of rotatable bonds is 6. The summed E-state index contributed by atoms with van der Waals surface area (Å²) in [5, 5.41) is 5.24. The largest absolute Gasteiger partial charge is 0.454 e. The Labute approximate surface area is 176 Å². The number of amides is 2. The summed E-state index contributed by atoms with van der Waals surface area (Å²) in [6.45, 7) is -1.37. The maximum absolute atomic E-state index is 13.5. The Morgan fingerprint density at radius 2 is 1.77 bits per heavy atom. The second kappa shape index (κ2) is 9.14. The molecule has 3 rings (SSSR count). The molecule has 156 valence electrons. The fourth-order valence-corrected chi connectivity index (χ4v) is 3.83. The lowest BCUT2D eigenvalue weighted by atomic mass is 10.2. The Morgan fingerprint density at radius 1 is 1.03 bits per heavy atom. The van der Waals surface area contributed by atoms with E-state index in [-0.39, 0.29) is 9.90 Å². The lowest BCUT2D eigenvalue weighted by Crippen LogP contribution is -2.32. The first-order chi connectivity index (χ1) is 14.3. The van der Waals surface area contributed by atoms with Gasteiger partial charge >= 0.3 is 5.97 Å². The van der Waals surface area contributed by atoms with Gasteiger partial charge in [0.15, 0.2) is 24.1 Å². The first-order valence-corrected chi connectivity index (χ1v) is 9.51. The molecule has 2 aromatic carbocycles. The highest BCUT2D eigenvalue weighted by atomic mass is 35.5. The summed E-state index contributed by atoms with van der Waals surface area (Å²) in [7, 11) is 0. The van der Waals surface area contributed by atoms with Crippen molar-refractivity contribution in [3.63, 3.8) is 0 Å². The number of hydrogen-bond donors (Lipinski definition) is 2. The molecule has 0 unspecified atom stereocenters. The van der Waals surface area contributed by atoms with E-state index in [1.165, 1.54) is 0 Å². The number of nitrogens with one attached hydrogen (secondary N) is 2. The highest BCUT2D eigenvalue weighted by Gasteiger charge is 2.19. The van der Waals surface area contributed by atoms with Gasteiger partial charge in [0.2, 0.25) is 0 Å². The van der Waals surface area contributed by atoms with Crippen molar-refractivity contribution >= 4 is 56.5 Å². The third kappa shape index (κ3) is 4.71. The van der Waals surface area contributed by atoms with Gasteiger partial charge in [0.25, 0.3) is 11.8 Å². The van der Waals surface area contributed by atoms with Crippen molar-refractivity contribution < 1.29 is 32.3 Å². The molecule has 0 saturated heterocycles. The van der Waals surface area contributed by atoms with Gasteiger partial charge < -0.3 is 15.4 Å². The summed E-state index contributed by atoms with van der Waals surface area (Å²) in [5.74, 6) is -7.25. The van der Waals surface area contributed by atoms with Crippen LogP contribution in [0.25, 0.3) is 10.1 Å². The Morgan fingerprint density at radius 3 is 2.50 bits per heavy atom. The van der Waals surface area contributed by atoms with Gasteiger partial charge in [-0.25, -0.2) is 13.2 Å². The number of anilines is 1. The third-order valence-electron chi connectivity index (χ3n) is 3.81. The van der Waals surface area contributed by atoms with Crippen LogP contribution in [0.3, 0.4) is 0 Å². The standard InChI is InChI=1S/C19H12ClF3N2O4S/c20-15-9-3-1-2-4-12(9)30-18(15)19(28)24-7-14(27)29-8-13(26)25-11-6-5-10(21)16(22)17(11)23/h1-6H,7-8H2,(H,24,28)(H,25,26). The van der Waals surface area contributed by atoms with Gasteiger partial charge in [-0.05, 0) is 18.2 Å². The number of esters is 1. The normalized spacial score (nSPS) is 10.7. The van der Waals surface area contributed by atoms with Gasteiger partial charge in [0, 0.05) is 10.1 Å². The molecular weight excluding hydrogens is 445 g/mol. The van der Waals surface area contributed by atoms with E-state index < -0.39 is 54.1 Å². The highest BCUT2D eigenvalue weighted by molar-refractivity contribution is 7.21. The van der Waals surface area contributed by atoms with Gasteiger partial charge in [0.05, 0.1) is 10.7 Å². The van der Waals surface area contributed by atoms with E-state index in [0.717, 1.165) is 22.1 Å². The Balaban J connectivity index is 1.50. The van der Waals surface area contributed by atoms with E-state index >= 15 is 0 Å². The molecule has 0 bridgehead atoms. The van der Waals surface area contributed by atoms with Crippen LogP contribution in [0.15, 0.2) is 36.4 Å². The predicted molar refractivity (Wildman–Crippen MR) is 105 cm³/mol. The Bertz CT molecular complexity index is 1150. The smallest absolute Gasteiger partial charge is 0.325 e. The average molecular weight is 457 g/mol. The number of fused-ring (bicyclic) bond motifs is 1. The van der Waals surface area contributed by atoms with Crippen LogP contribution in [-0.2, 0) is 14.3 Å². The van der Waals surface area contributed by atoms with E-state index in [2.05, 4.69) is 10.1 Å². The SMILES string of the molecule is O=C(COC(=O)CNC(=O)c1sc2ccccc2c1Cl)Nc1ccc(F)c(F)c1F. The molecule has 3 aromatic rings. The maximum Gasteiger partial charge on any atom is 0.325 e.